The molecule has 0 aromatic carbocycles. The van der Waals surface area contributed by atoms with Gasteiger partial charge in [0, 0.05) is 31.6 Å². The number of nitrogens with zero attached hydrogens (tertiary/aromatic N) is 3. The molecule has 5 nitrogen and oxygen atoms in total. The second-order valence-electron chi connectivity index (χ2n) is 5.74. The van der Waals surface area contributed by atoms with Gasteiger partial charge in [-0.15, -0.1) is 0 Å². The van der Waals surface area contributed by atoms with Crippen molar-refractivity contribution in [2.45, 2.75) is 44.9 Å². The van der Waals surface area contributed by atoms with Crippen LogP contribution in [-0.4, -0.2) is 40.4 Å². The second-order valence-corrected chi connectivity index (χ2v) is 6.08. The summed E-state index contributed by atoms with van der Waals surface area (Å²) >= 11 is 6.00. The molecule has 0 saturated carbocycles. The lowest BCUT2D eigenvalue weighted by molar-refractivity contribution is -0.127. The molecule has 1 aliphatic heterocycles. The van der Waals surface area contributed by atoms with Gasteiger partial charge in [-0.3, -0.25) is 4.79 Å². The van der Waals surface area contributed by atoms with Crippen LogP contribution < -0.4 is 5.32 Å². The fraction of sp³-hybridized carbons (Fsp3) is 0.667. The van der Waals surface area contributed by atoms with Crippen LogP contribution in [0.5, 0.6) is 0 Å². The molecule has 114 valence electrons. The largest absolute Gasteiger partial charge is 0.370 e. The first-order valence-electron chi connectivity index (χ1n) is 7.81. The van der Waals surface area contributed by atoms with Crippen molar-refractivity contribution >= 4 is 23.3 Å². The highest BCUT2D eigenvalue weighted by Crippen LogP contribution is 2.26. The minimum absolute atomic E-state index is 0.289. The Morgan fingerprint density at radius 3 is 2.81 bits per heavy atom. The number of aryl methyl sites for hydroxylation is 1. The minimum Gasteiger partial charge on any atom is -0.370 e. The molecule has 0 atom stereocenters. The van der Waals surface area contributed by atoms with Crippen LogP contribution in [0.4, 0.5) is 5.82 Å². The molecule has 0 unspecified atom stereocenters. The Kier molecular flexibility index (Phi) is 4.58. The number of carbonyl (C=O) groups excluding carboxylic acids is 1. The summed E-state index contributed by atoms with van der Waals surface area (Å²) in [5.74, 6) is 1.18. The lowest BCUT2D eigenvalue weighted by Gasteiger charge is -2.19. The van der Waals surface area contributed by atoms with E-state index in [2.05, 4.69) is 15.3 Å². The van der Waals surface area contributed by atoms with Crippen molar-refractivity contribution in [1.82, 2.24) is 14.9 Å². The van der Waals surface area contributed by atoms with Crippen LogP contribution in [-0.2, 0) is 17.6 Å². The van der Waals surface area contributed by atoms with E-state index in [4.69, 9.17) is 11.6 Å². The van der Waals surface area contributed by atoms with Crippen LogP contribution in [0.25, 0.3) is 0 Å². The van der Waals surface area contributed by atoms with Crippen molar-refractivity contribution in [3.63, 3.8) is 0 Å². The number of amides is 1. The van der Waals surface area contributed by atoms with Crippen molar-refractivity contribution in [2.75, 3.05) is 25.0 Å². The van der Waals surface area contributed by atoms with Crippen LogP contribution in [0.15, 0.2) is 0 Å². The number of anilines is 1. The first-order chi connectivity index (χ1) is 10.2. The fourth-order valence-corrected chi connectivity index (χ4v) is 3.31. The molecule has 3 rings (SSSR count). The van der Waals surface area contributed by atoms with E-state index in [0.717, 1.165) is 56.8 Å². The molecular formula is C15H21ClN4O. The maximum atomic E-state index is 11.5. The molecule has 1 N–H and O–H groups in total. The average Bonchev–Trinajstić information content (AvgIpc) is 2.88. The summed E-state index contributed by atoms with van der Waals surface area (Å²) in [6.45, 7) is 2.55. The highest BCUT2D eigenvalue weighted by molar-refractivity contribution is 6.28. The van der Waals surface area contributed by atoms with Crippen LogP contribution in [0.2, 0.25) is 5.28 Å². The van der Waals surface area contributed by atoms with E-state index >= 15 is 0 Å². The van der Waals surface area contributed by atoms with E-state index in [1.807, 2.05) is 4.90 Å². The van der Waals surface area contributed by atoms with Gasteiger partial charge in [-0.25, -0.2) is 9.97 Å². The molecule has 1 aromatic rings. The zero-order valence-electron chi connectivity index (χ0n) is 12.2. The third-order valence-corrected chi connectivity index (χ3v) is 4.39. The predicted octanol–water partition coefficient (Wildman–Crippen LogP) is 2.43. The number of nitrogens with one attached hydrogen (secondary N) is 1. The highest BCUT2D eigenvalue weighted by Gasteiger charge is 2.20. The summed E-state index contributed by atoms with van der Waals surface area (Å²) in [6.07, 6.45) is 7.03. The zero-order chi connectivity index (χ0) is 14.7. The van der Waals surface area contributed by atoms with E-state index in [9.17, 15) is 4.79 Å². The van der Waals surface area contributed by atoms with Gasteiger partial charge >= 0.3 is 0 Å². The Morgan fingerprint density at radius 1 is 1.14 bits per heavy atom. The Bertz CT molecular complexity index is 535. The first kappa shape index (κ1) is 14.6. The fourth-order valence-electron chi connectivity index (χ4n) is 3.13. The highest BCUT2D eigenvalue weighted by atomic mass is 35.5. The topological polar surface area (TPSA) is 58.1 Å². The van der Waals surface area contributed by atoms with Crippen molar-refractivity contribution in [1.29, 1.82) is 0 Å². The standard InChI is InChI=1S/C15H21ClN4O/c16-15-18-12-6-2-1-5-11(12)14(19-15)17-8-4-10-20-9-3-7-13(20)21/h1-10H2,(H,17,18,19). The molecule has 0 spiro atoms. The third-order valence-electron chi connectivity index (χ3n) is 4.22. The molecule has 2 aliphatic rings. The number of fused-ring (bicyclic) bond motifs is 1. The summed E-state index contributed by atoms with van der Waals surface area (Å²) in [4.78, 5) is 22.2. The zero-order valence-corrected chi connectivity index (χ0v) is 13.0. The summed E-state index contributed by atoms with van der Waals surface area (Å²) < 4.78 is 0. The summed E-state index contributed by atoms with van der Waals surface area (Å²) in [7, 11) is 0. The molecule has 1 aliphatic carbocycles. The van der Waals surface area contributed by atoms with Crippen LogP contribution in [0.3, 0.4) is 0 Å². The Labute approximate surface area is 130 Å². The molecule has 1 fully saturated rings. The first-order valence-corrected chi connectivity index (χ1v) is 8.19. The van der Waals surface area contributed by atoms with E-state index in [0.29, 0.717) is 11.7 Å². The van der Waals surface area contributed by atoms with Crippen LogP contribution in [0, 0.1) is 0 Å². The summed E-state index contributed by atoms with van der Waals surface area (Å²) in [6, 6.07) is 0. The number of rotatable bonds is 5. The van der Waals surface area contributed by atoms with Gasteiger partial charge in [0.15, 0.2) is 0 Å². The molecule has 2 heterocycles. The van der Waals surface area contributed by atoms with Gasteiger partial charge in [-0.2, -0.15) is 0 Å². The minimum atomic E-state index is 0.289. The Balaban J connectivity index is 1.55. The van der Waals surface area contributed by atoms with Gasteiger partial charge in [0.25, 0.3) is 0 Å². The van der Waals surface area contributed by atoms with Gasteiger partial charge in [0.1, 0.15) is 5.82 Å². The van der Waals surface area contributed by atoms with Crippen LogP contribution >= 0.6 is 11.6 Å². The van der Waals surface area contributed by atoms with Gasteiger partial charge < -0.3 is 10.2 Å². The quantitative estimate of drug-likeness (QED) is 0.670. The number of hydrogen-bond acceptors (Lipinski definition) is 4. The smallest absolute Gasteiger partial charge is 0.224 e. The molecule has 1 saturated heterocycles. The SMILES string of the molecule is O=C1CCCN1CCCNc1nc(Cl)nc2c1CCCC2. The normalized spacial score (nSPS) is 18.0. The van der Waals surface area contributed by atoms with Gasteiger partial charge in [-0.05, 0) is 50.1 Å². The lowest BCUT2D eigenvalue weighted by atomic mass is 9.96. The molecule has 6 heteroatoms. The van der Waals surface area contributed by atoms with Crippen molar-refractivity contribution in [3.8, 4) is 0 Å². The molecule has 0 radical (unpaired) electrons. The maximum absolute atomic E-state index is 11.5. The number of aromatic nitrogens is 2. The summed E-state index contributed by atoms with van der Waals surface area (Å²) in [5.41, 5.74) is 2.32. The molecule has 1 aromatic heterocycles. The van der Waals surface area contributed by atoms with Gasteiger partial charge in [0.05, 0.1) is 5.69 Å². The molecule has 21 heavy (non-hydrogen) atoms. The Hall–Kier alpha value is -1.36. The van der Waals surface area contributed by atoms with Gasteiger partial charge in [-0.1, -0.05) is 0 Å². The van der Waals surface area contributed by atoms with E-state index in [1.54, 1.807) is 0 Å². The molecule has 1 amide bonds. The monoisotopic (exact) mass is 308 g/mol. The number of hydrogen-bond donors (Lipinski definition) is 1. The molecular weight excluding hydrogens is 288 g/mol. The number of likely N-dealkylation sites (tertiary alicyclic amines) is 1. The second kappa shape index (κ2) is 6.60. The molecule has 0 bridgehead atoms. The van der Waals surface area contributed by atoms with E-state index < -0.39 is 0 Å². The number of carbonyl (C=O) groups is 1. The predicted molar refractivity (Wildman–Crippen MR) is 82.6 cm³/mol. The van der Waals surface area contributed by atoms with Gasteiger partial charge in [0.2, 0.25) is 11.2 Å². The van der Waals surface area contributed by atoms with Crippen LogP contribution in [0.1, 0.15) is 43.4 Å². The average molecular weight is 309 g/mol. The van der Waals surface area contributed by atoms with E-state index in [-0.39, 0.29) is 5.91 Å². The summed E-state index contributed by atoms with van der Waals surface area (Å²) in [5, 5.41) is 3.71. The Morgan fingerprint density at radius 2 is 2.00 bits per heavy atom. The van der Waals surface area contributed by atoms with E-state index in [1.165, 1.54) is 18.4 Å². The lowest BCUT2D eigenvalue weighted by Crippen LogP contribution is -2.27. The third kappa shape index (κ3) is 3.46. The van der Waals surface area contributed by atoms with Crippen molar-refractivity contribution in [2.24, 2.45) is 0 Å². The van der Waals surface area contributed by atoms with Crippen molar-refractivity contribution < 1.29 is 4.79 Å². The maximum Gasteiger partial charge on any atom is 0.224 e. The van der Waals surface area contributed by atoms with Crippen molar-refractivity contribution in [3.05, 3.63) is 16.5 Å². The number of halogens is 1.